The number of ether oxygens (including phenoxy) is 1. The minimum absolute atomic E-state index is 0.00763. The number of hydrogen-bond acceptors (Lipinski definition) is 3. The molecule has 1 aliphatic rings. The van der Waals surface area contributed by atoms with Gasteiger partial charge in [0.15, 0.2) is 6.10 Å². The summed E-state index contributed by atoms with van der Waals surface area (Å²) in [5, 5.41) is 6.17. The maximum absolute atomic E-state index is 11.8. The molecule has 0 aliphatic carbocycles. The molecule has 2 unspecified atom stereocenters. The van der Waals surface area contributed by atoms with Crippen molar-refractivity contribution >= 4 is 5.91 Å². The van der Waals surface area contributed by atoms with Gasteiger partial charge in [0, 0.05) is 12.6 Å². The van der Waals surface area contributed by atoms with E-state index >= 15 is 0 Å². The Hall–Kier alpha value is -1.55. The van der Waals surface area contributed by atoms with Crippen LogP contribution in [0.25, 0.3) is 0 Å². The highest BCUT2D eigenvalue weighted by atomic mass is 16.5. The Morgan fingerprint density at radius 1 is 1.35 bits per heavy atom. The summed E-state index contributed by atoms with van der Waals surface area (Å²) >= 11 is 0. The molecule has 2 rings (SSSR count). The first-order valence-corrected chi connectivity index (χ1v) is 7.46. The van der Waals surface area contributed by atoms with Crippen LogP contribution in [0.2, 0.25) is 0 Å². The average Bonchev–Trinajstić information content (AvgIpc) is 2.67. The summed E-state index contributed by atoms with van der Waals surface area (Å²) < 4.78 is 5.82. The summed E-state index contributed by atoms with van der Waals surface area (Å²) in [5.74, 6) is 0.773. The Balaban J connectivity index is 2.01. The molecule has 2 N–H and O–H groups in total. The van der Waals surface area contributed by atoms with Crippen LogP contribution < -0.4 is 15.4 Å². The Labute approximate surface area is 120 Å². The van der Waals surface area contributed by atoms with Gasteiger partial charge in [0.1, 0.15) is 5.75 Å². The lowest BCUT2D eigenvalue weighted by molar-refractivity contribution is -0.127. The quantitative estimate of drug-likeness (QED) is 0.868. The number of amides is 1. The highest BCUT2D eigenvalue weighted by Gasteiger charge is 2.22. The molecule has 1 aromatic rings. The fourth-order valence-corrected chi connectivity index (χ4v) is 2.57. The highest BCUT2D eigenvalue weighted by molar-refractivity contribution is 5.81. The van der Waals surface area contributed by atoms with E-state index in [0.29, 0.717) is 6.04 Å². The number of nitrogens with one attached hydrogen (secondary N) is 2. The van der Waals surface area contributed by atoms with Gasteiger partial charge in [-0.05, 0) is 50.4 Å². The molecule has 2 atom stereocenters. The predicted octanol–water partition coefficient (Wildman–Crippen LogP) is 2.40. The number of rotatable bonds is 5. The summed E-state index contributed by atoms with van der Waals surface area (Å²) in [6, 6.07) is 8.40. The second-order valence-corrected chi connectivity index (χ2v) is 5.21. The van der Waals surface area contributed by atoms with E-state index in [1.165, 1.54) is 5.56 Å². The minimum Gasteiger partial charge on any atom is -0.481 e. The van der Waals surface area contributed by atoms with E-state index < -0.39 is 0 Å². The van der Waals surface area contributed by atoms with Crippen molar-refractivity contribution in [3.05, 3.63) is 29.8 Å². The third kappa shape index (κ3) is 3.73. The van der Waals surface area contributed by atoms with Crippen LogP contribution in [0.15, 0.2) is 24.3 Å². The first-order valence-electron chi connectivity index (χ1n) is 7.46. The van der Waals surface area contributed by atoms with Crippen LogP contribution in [0.4, 0.5) is 0 Å². The minimum atomic E-state index is -0.352. The van der Waals surface area contributed by atoms with E-state index in [2.05, 4.69) is 29.7 Å². The van der Waals surface area contributed by atoms with Gasteiger partial charge in [-0.15, -0.1) is 0 Å². The van der Waals surface area contributed by atoms with E-state index in [1.807, 2.05) is 19.2 Å². The summed E-state index contributed by atoms with van der Waals surface area (Å²) in [7, 11) is 1.97. The lowest BCUT2D eigenvalue weighted by Crippen LogP contribution is -2.36. The van der Waals surface area contributed by atoms with Crippen LogP contribution in [0.1, 0.15) is 44.2 Å². The van der Waals surface area contributed by atoms with Crippen LogP contribution in [0, 0.1) is 0 Å². The molecule has 20 heavy (non-hydrogen) atoms. The SMILES string of the molecule is CCC(NC)c1ccc(OC2CCCCNC2=O)cc1. The molecule has 1 saturated heterocycles. The Bertz CT molecular complexity index is 427. The van der Waals surface area contributed by atoms with Gasteiger partial charge in [0.2, 0.25) is 0 Å². The molecule has 1 aromatic carbocycles. The van der Waals surface area contributed by atoms with Gasteiger partial charge in [0.05, 0.1) is 0 Å². The van der Waals surface area contributed by atoms with Gasteiger partial charge < -0.3 is 15.4 Å². The van der Waals surface area contributed by atoms with Crippen molar-refractivity contribution in [2.45, 2.75) is 44.8 Å². The molecule has 0 bridgehead atoms. The maximum atomic E-state index is 11.8. The van der Waals surface area contributed by atoms with Crippen LogP contribution >= 0.6 is 0 Å². The van der Waals surface area contributed by atoms with Gasteiger partial charge in [-0.2, -0.15) is 0 Å². The van der Waals surface area contributed by atoms with E-state index in [4.69, 9.17) is 4.74 Å². The molecule has 4 heteroatoms. The standard InChI is InChI=1S/C16H24N2O2/c1-3-14(17-2)12-7-9-13(10-8-12)20-15-6-4-5-11-18-16(15)19/h7-10,14-15,17H,3-6,11H2,1-2H3,(H,18,19). The van der Waals surface area contributed by atoms with Crippen molar-refractivity contribution in [2.24, 2.45) is 0 Å². The van der Waals surface area contributed by atoms with Crippen molar-refractivity contribution in [3.63, 3.8) is 0 Å². The van der Waals surface area contributed by atoms with Crippen LogP contribution in [0.3, 0.4) is 0 Å². The smallest absolute Gasteiger partial charge is 0.261 e. The topological polar surface area (TPSA) is 50.4 Å². The lowest BCUT2D eigenvalue weighted by atomic mass is 10.0. The van der Waals surface area contributed by atoms with Gasteiger partial charge in [0.25, 0.3) is 5.91 Å². The van der Waals surface area contributed by atoms with Crippen LogP contribution in [-0.2, 0) is 4.79 Å². The zero-order chi connectivity index (χ0) is 14.4. The largest absolute Gasteiger partial charge is 0.481 e. The Morgan fingerprint density at radius 2 is 2.10 bits per heavy atom. The Kier molecular flexibility index (Phi) is 5.41. The number of carbonyl (C=O) groups is 1. The fraction of sp³-hybridized carbons (Fsp3) is 0.562. The molecule has 0 saturated carbocycles. The monoisotopic (exact) mass is 276 g/mol. The fourth-order valence-electron chi connectivity index (χ4n) is 2.57. The van der Waals surface area contributed by atoms with Gasteiger partial charge >= 0.3 is 0 Å². The number of hydrogen-bond donors (Lipinski definition) is 2. The van der Waals surface area contributed by atoms with Crippen molar-refractivity contribution in [1.29, 1.82) is 0 Å². The number of benzene rings is 1. The summed E-state index contributed by atoms with van der Waals surface area (Å²) in [6.45, 7) is 2.92. The van der Waals surface area contributed by atoms with Gasteiger partial charge in [-0.1, -0.05) is 19.1 Å². The van der Waals surface area contributed by atoms with Crippen molar-refractivity contribution < 1.29 is 9.53 Å². The average molecular weight is 276 g/mol. The maximum Gasteiger partial charge on any atom is 0.261 e. The zero-order valence-electron chi connectivity index (χ0n) is 12.3. The van der Waals surface area contributed by atoms with E-state index in [-0.39, 0.29) is 12.0 Å². The lowest BCUT2D eigenvalue weighted by Gasteiger charge is -2.18. The van der Waals surface area contributed by atoms with E-state index in [9.17, 15) is 4.79 Å². The molecule has 4 nitrogen and oxygen atoms in total. The second kappa shape index (κ2) is 7.29. The third-order valence-corrected chi connectivity index (χ3v) is 3.80. The first kappa shape index (κ1) is 14.9. The van der Waals surface area contributed by atoms with Gasteiger partial charge in [-0.3, -0.25) is 4.79 Å². The third-order valence-electron chi connectivity index (χ3n) is 3.80. The van der Waals surface area contributed by atoms with Crippen LogP contribution in [-0.4, -0.2) is 25.6 Å². The predicted molar refractivity (Wildman–Crippen MR) is 79.8 cm³/mol. The van der Waals surface area contributed by atoms with Crippen molar-refractivity contribution in [3.8, 4) is 5.75 Å². The normalized spacial score (nSPS) is 20.9. The van der Waals surface area contributed by atoms with Crippen molar-refractivity contribution in [1.82, 2.24) is 10.6 Å². The molecule has 1 fully saturated rings. The van der Waals surface area contributed by atoms with E-state index in [1.54, 1.807) is 0 Å². The molecule has 0 aromatic heterocycles. The molecule has 0 radical (unpaired) electrons. The molecular weight excluding hydrogens is 252 g/mol. The molecule has 1 heterocycles. The molecule has 0 spiro atoms. The molecule has 110 valence electrons. The van der Waals surface area contributed by atoms with E-state index in [0.717, 1.165) is 38.0 Å². The second-order valence-electron chi connectivity index (χ2n) is 5.21. The zero-order valence-corrected chi connectivity index (χ0v) is 12.3. The number of carbonyl (C=O) groups excluding carboxylic acids is 1. The highest BCUT2D eigenvalue weighted by Crippen LogP contribution is 2.21. The first-order chi connectivity index (χ1) is 9.74. The molecule has 1 amide bonds. The summed E-state index contributed by atoms with van der Waals surface area (Å²) in [5.41, 5.74) is 1.24. The summed E-state index contributed by atoms with van der Waals surface area (Å²) in [6.07, 6.45) is 3.54. The van der Waals surface area contributed by atoms with Gasteiger partial charge in [-0.25, -0.2) is 0 Å². The van der Waals surface area contributed by atoms with Crippen LogP contribution in [0.5, 0.6) is 5.75 Å². The molecular formula is C16H24N2O2. The summed E-state index contributed by atoms with van der Waals surface area (Å²) in [4.78, 5) is 11.8. The van der Waals surface area contributed by atoms with Crippen molar-refractivity contribution in [2.75, 3.05) is 13.6 Å². The molecule has 1 aliphatic heterocycles. The Morgan fingerprint density at radius 3 is 2.75 bits per heavy atom.